The summed E-state index contributed by atoms with van der Waals surface area (Å²) < 4.78 is 0. The Morgan fingerprint density at radius 3 is 2.46 bits per heavy atom. The van der Waals surface area contributed by atoms with Crippen molar-refractivity contribution in [2.45, 2.75) is 19.8 Å². The summed E-state index contributed by atoms with van der Waals surface area (Å²) in [6.07, 6.45) is 1.65. The normalized spacial score (nSPS) is 10.9. The first-order valence-corrected chi connectivity index (χ1v) is 8.21. The minimum absolute atomic E-state index is 0.205. The van der Waals surface area contributed by atoms with Crippen molar-refractivity contribution in [3.63, 3.8) is 0 Å². The molecule has 5 heteroatoms. The Kier molecular flexibility index (Phi) is 6.32. The van der Waals surface area contributed by atoms with Crippen LogP contribution in [0.3, 0.4) is 0 Å². The van der Waals surface area contributed by atoms with Gasteiger partial charge in [-0.15, -0.1) is 0 Å². The van der Waals surface area contributed by atoms with Crippen LogP contribution in [0.2, 0.25) is 0 Å². The predicted molar refractivity (Wildman–Crippen MR) is 99.8 cm³/mol. The topological polar surface area (TPSA) is 57.3 Å². The summed E-state index contributed by atoms with van der Waals surface area (Å²) in [5.74, 6) is 0.268. The van der Waals surface area contributed by atoms with E-state index in [4.69, 9.17) is 0 Å². The van der Waals surface area contributed by atoms with Crippen LogP contribution in [0.15, 0.2) is 42.6 Å². The van der Waals surface area contributed by atoms with Crippen LogP contribution in [0.1, 0.15) is 35.8 Å². The second kappa shape index (κ2) is 8.45. The number of pyridine rings is 1. The number of rotatable bonds is 7. The summed E-state index contributed by atoms with van der Waals surface area (Å²) in [4.78, 5) is 18.6. The van der Waals surface area contributed by atoms with E-state index >= 15 is 0 Å². The Hall–Kier alpha value is -2.40. The number of hydrogen-bond acceptors (Lipinski definition) is 4. The maximum absolute atomic E-state index is 12.4. The number of aromatic nitrogens is 1. The average Bonchev–Trinajstić information content (AvgIpc) is 2.55. The molecule has 2 aromatic rings. The SMILES string of the molecule is CC(C)c1ccc(NC(=O)c2cc(NCCN(C)C)ccn2)cc1. The van der Waals surface area contributed by atoms with E-state index < -0.39 is 0 Å². The van der Waals surface area contributed by atoms with Crippen LogP contribution in [-0.4, -0.2) is 43.0 Å². The van der Waals surface area contributed by atoms with Gasteiger partial charge in [0.1, 0.15) is 5.69 Å². The number of nitrogens with zero attached hydrogens (tertiary/aromatic N) is 2. The summed E-state index contributed by atoms with van der Waals surface area (Å²) in [5, 5.41) is 6.18. The van der Waals surface area contributed by atoms with E-state index in [-0.39, 0.29) is 5.91 Å². The van der Waals surface area contributed by atoms with Crippen molar-refractivity contribution < 1.29 is 4.79 Å². The van der Waals surface area contributed by atoms with Crippen LogP contribution in [0.5, 0.6) is 0 Å². The fourth-order valence-corrected chi connectivity index (χ4v) is 2.24. The molecule has 1 aromatic heterocycles. The third-order valence-corrected chi connectivity index (χ3v) is 3.72. The zero-order valence-corrected chi connectivity index (χ0v) is 14.8. The zero-order valence-electron chi connectivity index (χ0n) is 14.8. The molecule has 0 unspecified atom stereocenters. The molecule has 1 heterocycles. The number of amides is 1. The lowest BCUT2D eigenvalue weighted by atomic mass is 10.0. The van der Waals surface area contributed by atoms with Gasteiger partial charge in [0, 0.05) is 30.7 Å². The predicted octanol–water partition coefficient (Wildman–Crippen LogP) is 3.43. The molecule has 0 aliphatic carbocycles. The van der Waals surface area contributed by atoms with Crippen molar-refractivity contribution in [3.05, 3.63) is 53.9 Å². The largest absolute Gasteiger partial charge is 0.384 e. The summed E-state index contributed by atoms with van der Waals surface area (Å²) in [7, 11) is 4.05. The third-order valence-electron chi connectivity index (χ3n) is 3.72. The average molecular weight is 326 g/mol. The lowest BCUT2D eigenvalue weighted by Crippen LogP contribution is -2.21. The highest BCUT2D eigenvalue weighted by atomic mass is 16.1. The maximum Gasteiger partial charge on any atom is 0.274 e. The summed E-state index contributed by atoms with van der Waals surface area (Å²) >= 11 is 0. The smallest absolute Gasteiger partial charge is 0.274 e. The Morgan fingerprint density at radius 2 is 1.83 bits per heavy atom. The number of likely N-dealkylation sites (N-methyl/N-ethyl adjacent to an activating group) is 1. The molecule has 24 heavy (non-hydrogen) atoms. The van der Waals surface area contributed by atoms with E-state index in [9.17, 15) is 4.79 Å². The van der Waals surface area contributed by atoms with E-state index in [0.29, 0.717) is 11.6 Å². The highest BCUT2D eigenvalue weighted by Gasteiger charge is 2.09. The van der Waals surface area contributed by atoms with Crippen LogP contribution >= 0.6 is 0 Å². The van der Waals surface area contributed by atoms with Crippen molar-refractivity contribution in [2.24, 2.45) is 0 Å². The zero-order chi connectivity index (χ0) is 17.5. The van der Waals surface area contributed by atoms with Gasteiger partial charge >= 0.3 is 0 Å². The lowest BCUT2D eigenvalue weighted by molar-refractivity contribution is 0.102. The van der Waals surface area contributed by atoms with Crippen molar-refractivity contribution >= 4 is 17.3 Å². The molecule has 0 saturated heterocycles. The van der Waals surface area contributed by atoms with Gasteiger partial charge in [0.2, 0.25) is 0 Å². The molecule has 0 radical (unpaired) electrons. The molecule has 1 aromatic carbocycles. The van der Waals surface area contributed by atoms with Gasteiger partial charge in [0.05, 0.1) is 0 Å². The molecule has 128 valence electrons. The summed E-state index contributed by atoms with van der Waals surface area (Å²) in [6, 6.07) is 11.6. The molecule has 0 atom stereocenters. The van der Waals surface area contributed by atoms with E-state index in [0.717, 1.165) is 24.5 Å². The second-order valence-corrected chi connectivity index (χ2v) is 6.39. The Labute approximate surface area is 144 Å². The van der Waals surface area contributed by atoms with Crippen LogP contribution in [0, 0.1) is 0 Å². The fourth-order valence-electron chi connectivity index (χ4n) is 2.24. The van der Waals surface area contributed by atoms with Gasteiger partial charge in [0.15, 0.2) is 0 Å². The summed E-state index contributed by atoms with van der Waals surface area (Å²) in [5.41, 5.74) is 3.32. The van der Waals surface area contributed by atoms with E-state index in [1.807, 2.05) is 44.4 Å². The first-order chi connectivity index (χ1) is 11.5. The van der Waals surface area contributed by atoms with Crippen molar-refractivity contribution in [3.8, 4) is 0 Å². The third kappa shape index (κ3) is 5.35. The standard InChI is InChI=1S/C19H26N4O/c1-14(2)15-5-7-16(8-6-15)22-19(24)18-13-17(9-10-21-18)20-11-12-23(3)4/h5-10,13-14H,11-12H2,1-4H3,(H,20,21)(H,22,24). The fraction of sp³-hybridized carbons (Fsp3) is 0.368. The monoisotopic (exact) mass is 326 g/mol. The Morgan fingerprint density at radius 1 is 1.12 bits per heavy atom. The molecule has 0 aliphatic rings. The van der Waals surface area contributed by atoms with Gasteiger partial charge in [-0.25, -0.2) is 0 Å². The van der Waals surface area contributed by atoms with E-state index in [1.54, 1.807) is 12.3 Å². The molecule has 0 fully saturated rings. The van der Waals surface area contributed by atoms with Crippen molar-refractivity contribution in [2.75, 3.05) is 37.8 Å². The Balaban J connectivity index is 1.99. The maximum atomic E-state index is 12.4. The number of carbonyl (C=O) groups is 1. The first kappa shape index (κ1) is 17.9. The minimum Gasteiger partial charge on any atom is -0.384 e. The molecule has 0 saturated carbocycles. The highest BCUT2D eigenvalue weighted by Crippen LogP contribution is 2.18. The quantitative estimate of drug-likeness (QED) is 0.818. The van der Waals surface area contributed by atoms with Crippen LogP contribution in [0.25, 0.3) is 0 Å². The molecule has 1 amide bonds. The Bertz CT molecular complexity index is 665. The van der Waals surface area contributed by atoms with Gasteiger partial charge in [-0.3, -0.25) is 9.78 Å². The molecule has 2 N–H and O–H groups in total. The van der Waals surface area contributed by atoms with Gasteiger partial charge in [0.25, 0.3) is 5.91 Å². The molecule has 5 nitrogen and oxygen atoms in total. The van der Waals surface area contributed by atoms with Crippen molar-refractivity contribution in [1.29, 1.82) is 0 Å². The summed E-state index contributed by atoms with van der Waals surface area (Å²) in [6.45, 7) is 6.03. The number of anilines is 2. The van der Waals surface area contributed by atoms with Gasteiger partial charge < -0.3 is 15.5 Å². The van der Waals surface area contributed by atoms with Crippen LogP contribution in [-0.2, 0) is 0 Å². The van der Waals surface area contributed by atoms with Crippen LogP contribution in [0.4, 0.5) is 11.4 Å². The number of hydrogen-bond donors (Lipinski definition) is 2. The molecule has 0 spiro atoms. The minimum atomic E-state index is -0.205. The second-order valence-electron chi connectivity index (χ2n) is 6.39. The van der Waals surface area contributed by atoms with Crippen LogP contribution < -0.4 is 10.6 Å². The first-order valence-electron chi connectivity index (χ1n) is 8.21. The molecule has 0 aliphatic heterocycles. The number of carbonyl (C=O) groups excluding carboxylic acids is 1. The number of nitrogens with one attached hydrogen (secondary N) is 2. The van der Waals surface area contributed by atoms with Gasteiger partial charge in [-0.2, -0.15) is 0 Å². The molecular weight excluding hydrogens is 300 g/mol. The van der Waals surface area contributed by atoms with E-state index in [2.05, 4.69) is 34.4 Å². The van der Waals surface area contributed by atoms with E-state index in [1.165, 1.54) is 5.56 Å². The number of benzene rings is 1. The van der Waals surface area contributed by atoms with Gasteiger partial charge in [-0.05, 0) is 49.8 Å². The highest BCUT2D eigenvalue weighted by molar-refractivity contribution is 6.03. The molecule has 0 bridgehead atoms. The molecule has 2 rings (SSSR count). The lowest BCUT2D eigenvalue weighted by Gasteiger charge is -2.12. The van der Waals surface area contributed by atoms with Crippen molar-refractivity contribution in [1.82, 2.24) is 9.88 Å². The van der Waals surface area contributed by atoms with Gasteiger partial charge in [-0.1, -0.05) is 26.0 Å². The molecular formula is C19H26N4O.